The number of halogens is 1. The summed E-state index contributed by atoms with van der Waals surface area (Å²) in [6.07, 6.45) is 8.14. The molecule has 0 amide bonds. The third-order valence-corrected chi connectivity index (χ3v) is 4.62. The van der Waals surface area contributed by atoms with Crippen LogP contribution in [0.1, 0.15) is 42.9 Å². The third kappa shape index (κ3) is 1.88. The van der Waals surface area contributed by atoms with Crippen LogP contribution in [0, 0.1) is 13.8 Å². The maximum Gasteiger partial charge on any atom is 0.270 e. The highest BCUT2D eigenvalue weighted by Gasteiger charge is 2.23. The molecule has 1 saturated carbocycles. The van der Waals surface area contributed by atoms with E-state index in [0.29, 0.717) is 5.02 Å². The molecule has 0 atom stereocenters. The SMILES string of the molecule is Cc1c(Cl)c(=O)n(C2CCCC2)c2c(C)cncc12. The summed E-state index contributed by atoms with van der Waals surface area (Å²) < 4.78 is 1.91. The molecule has 0 aliphatic heterocycles. The topological polar surface area (TPSA) is 34.9 Å². The standard InChI is InChI=1S/C15H17ClN2O/c1-9-7-17-8-12-10(2)13(16)15(19)18(14(9)12)11-5-3-4-6-11/h7-8,11H,3-6H2,1-2H3. The minimum absolute atomic E-state index is 0.0483. The van der Waals surface area contributed by atoms with Crippen molar-refractivity contribution in [3.8, 4) is 0 Å². The van der Waals surface area contributed by atoms with E-state index < -0.39 is 0 Å². The van der Waals surface area contributed by atoms with E-state index in [4.69, 9.17) is 11.6 Å². The largest absolute Gasteiger partial charge is 0.304 e. The highest BCUT2D eigenvalue weighted by Crippen LogP contribution is 2.33. The molecule has 1 aliphatic rings. The summed E-state index contributed by atoms with van der Waals surface area (Å²) in [5, 5.41) is 1.34. The molecule has 3 nitrogen and oxygen atoms in total. The lowest BCUT2D eigenvalue weighted by molar-refractivity contribution is 0.518. The second kappa shape index (κ2) is 4.64. The summed E-state index contributed by atoms with van der Waals surface area (Å²) in [6, 6.07) is 0.286. The van der Waals surface area contributed by atoms with Crippen LogP contribution in [0.15, 0.2) is 17.2 Å². The van der Waals surface area contributed by atoms with Crippen LogP contribution in [-0.4, -0.2) is 9.55 Å². The van der Waals surface area contributed by atoms with Gasteiger partial charge >= 0.3 is 0 Å². The smallest absolute Gasteiger partial charge is 0.270 e. The first-order valence-corrected chi connectivity index (χ1v) is 7.14. The molecule has 2 heterocycles. The number of aromatic nitrogens is 2. The molecule has 1 aliphatic carbocycles. The van der Waals surface area contributed by atoms with Gasteiger partial charge in [-0.15, -0.1) is 0 Å². The molecule has 0 bridgehead atoms. The zero-order chi connectivity index (χ0) is 13.6. The number of nitrogens with zero attached hydrogens (tertiary/aromatic N) is 2. The fourth-order valence-corrected chi connectivity index (χ4v) is 3.34. The highest BCUT2D eigenvalue weighted by molar-refractivity contribution is 6.32. The van der Waals surface area contributed by atoms with Gasteiger partial charge < -0.3 is 4.57 Å². The van der Waals surface area contributed by atoms with Crippen molar-refractivity contribution in [1.82, 2.24) is 9.55 Å². The quantitative estimate of drug-likeness (QED) is 0.794. The average Bonchev–Trinajstić information content (AvgIpc) is 2.91. The van der Waals surface area contributed by atoms with Gasteiger partial charge in [-0.1, -0.05) is 24.4 Å². The molecule has 1 fully saturated rings. The van der Waals surface area contributed by atoms with Crippen molar-refractivity contribution in [3.05, 3.63) is 38.9 Å². The van der Waals surface area contributed by atoms with Gasteiger partial charge in [0.2, 0.25) is 0 Å². The molecule has 4 heteroatoms. The van der Waals surface area contributed by atoms with E-state index >= 15 is 0 Å². The van der Waals surface area contributed by atoms with Gasteiger partial charge in [0.05, 0.1) is 5.52 Å². The van der Waals surface area contributed by atoms with Crippen molar-refractivity contribution in [2.75, 3.05) is 0 Å². The van der Waals surface area contributed by atoms with Crippen LogP contribution >= 0.6 is 11.6 Å². The van der Waals surface area contributed by atoms with Gasteiger partial charge in [-0.25, -0.2) is 0 Å². The van der Waals surface area contributed by atoms with E-state index in [1.165, 1.54) is 12.8 Å². The van der Waals surface area contributed by atoms with Crippen molar-refractivity contribution < 1.29 is 0 Å². The highest BCUT2D eigenvalue weighted by atomic mass is 35.5. The lowest BCUT2D eigenvalue weighted by Gasteiger charge is -2.20. The van der Waals surface area contributed by atoms with Gasteiger partial charge in [0, 0.05) is 23.8 Å². The number of fused-ring (bicyclic) bond motifs is 1. The van der Waals surface area contributed by atoms with Gasteiger partial charge in [0.15, 0.2) is 0 Å². The molecule has 0 unspecified atom stereocenters. The molecule has 3 rings (SSSR count). The van der Waals surface area contributed by atoms with E-state index in [1.807, 2.05) is 30.8 Å². The van der Waals surface area contributed by atoms with Crippen LogP contribution in [-0.2, 0) is 0 Å². The lowest BCUT2D eigenvalue weighted by atomic mass is 10.1. The lowest BCUT2D eigenvalue weighted by Crippen LogP contribution is -2.25. The van der Waals surface area contributed by atoms with Gasteiger partial charge in [0.25, 0.3) is 5.56 Å². The Balaban J connectivity index is 2.44. The fourth-order valence-electron chi connectivity index (χ4n) is 3.15. The van der Waals surface area contributed by atoms with Crippen molar-refractivity contribution >= 4 is 22.5 Å². The summed E-state index contributed by atoms with van der Waals surface area (Å²) in [6.45, 7) is 3.90. The van der Waals surface area contributed by atoms with E-state index in [0.717, 1.165) is 34.9 Å². The Hall–Kier alpha value is -1.35. The molecule has 0 spiro atoms. The second-order valence-electron chi connectivity index (χ2n) is 5.40. The number of hydrogen-bond donors (Lipinski definition) is 0. The van der Waals surface area contributed by atoms with Gasteiger partial charge in [-0.05, 0) is 37.8 Å². The van der Waals surface area contributed by atoms with E-state index in [1.54, 1.807) is 0 Å². The first kappa shape index (κ1) is 12.7. The predicted octanol–water partition coefficient (Wildman–Crippen LogP) is 3.78. The first-order chi connectivity index (χ1) is 9.11. The monoisotopic (exact) mass is 276 g/mol. The zero-order valence-electron chi connectivity index (χ0n) is 11.2. The van der Waals surface area contributed by atoms with Gasteiger partial charge in [0.1, 0.15) is 5.02 Å². The van der Waals surface area contributed by atoms with Gasteiger partial charge in [-0.3, -0.25) is 9.78 Å². The summed E-state index contributed by atoms with van der Waals surface area (Å²) in [5.74, 6) is 0. The molecular weight excluding hydrogens is 260 g/mol. The Morgan fingerprint density at radius 1 is 1.26 bits per heavy atom. The van der Waals surface area contributed by atoms with E-state index in [9.17, 15) is 4.79 Å². The molecule has 100 valence electrons. The number of aryl methyl sites for hydroxylation is 2. The van der Waals surface area contributed by atoms with Crippen LogP contribution in [0.5, 0.6) is 0 Å². The normalized spacial score (nSPS) is 16.4. The third-order valence-electron chi connectivity index (χ3n) is 4.17. The van der Waals surface area contributed by atoms with Crippen molar-refractivity contribution in [2.24, 2.45) is 0 Å². The molecule has 2 aromatic heterocycles. The van der Waals surface area contributed by atoms with Crippen molar-refractivity contribution in [3.63, 3.8) is 0 Å². The number of pyridine rings is 2. The second-order valence-corrected chi connectivity index (χ2v) is 5.78. The summed E-state index contributed by atoms with van der Waals surface area (Å²) in [7, 11) is 0. The maximum absolute atomic E-state index is 12.6. The van der Waals surface area contributed by atoms with Crippen molar-refractivity contribution in [1.29, 1.82) is 0 Å². The maximum atomic E-state index is 12.6. The molecule has 0 aromatic carbocycles. The van der Waals surface area contributed by atoms with Crippen LogP contribution in [0.4, 0.5) is 0 Å². The summed E-state index contributed by atoms with van der Waals surface area (Å²) in [4.78, 5) is 16.8. The van der Waals surface area contributed by atoms with Crippen LogP contribution in [0.3, 0.4) is 0 Å². The minimum Gasteiger partial charge on any atom is -0.304 e. The Morgan fingerprint density at radius 3 is 2.63 bits per heavy atom. The minimum atomic E-state index is -0.0483. The van der Waals surface area contributed by atoms with E-state index in [-0.39, 0.29) is 11.6 Å². The number of rotatable bonds is 1. The molecule has 19 heavy (non-hydrogen) atoms. The Morgan fingerprint density at radius 2 is 1.95 bits per heavy atom. The van der Waals surface area contributed by atoms with Crippen LogP contribution < -0.4 is 5.56 Å². The molecule has 0 N–H and O–H groups in total. The fraction of sp³-hybridized carbons (Fsp3) is 0.467. The molecule has 0 radical (unpaired) electrons. The van der Waals surface area contributed by atoms with Crippen LogP contribution in [0.25, 0.3) is 10.9 Å². The Bertz CT molecular complexity index is 699. The molecule has 2 aromatic rings. The predicted molar refractivity (Wildman–Crippen MR) is 78.0 cm³/mol. The zero-order valence-corrected chi connectivity index (χ0v) is 12.0. The van der Waals surface area contributed by atoms with Crippen LogP contribution in [0.2, 0.25) is 5.02 Å². The summed E-state index contributed by atoms with van der Waals surface area (Å²) in [5.41, 5.74) is 2.84. The summed E-state index contributed by atoms with van der Waals surface area (Å²) >= 11 is 6.23. The Kier molecular flexibility index (Phi) is 3.09. The first-order valence-electron chi connectivity index (χ1n) is 6.76. The van der Waals surface area contributed by atoms with E-state index in [2.05, 4.69) is 4.98 Å². The van der Waals surface area contributed by atoms with Gasteiger partial charge in [-0.2, -0.15) is 0 Å². The van der Waals surface area contributed by atoms with Crippen molar-refractivity contribution in [2.45, 2.75) is 45.6 Å². The average molecular weight is 277 g/mol. The Labute approximate surface area is 117 Å². The number of hydrogen-bond acceptors (Lipinski definition) is 2. The molecule has 0 saturated heterocycles. The molecular formula is C15H17ClN2O.